The van der Waals surface area contributed by atoms with Crippen LogP contribution >= 0.6 is 0 Å². The first-order chi connectivity index (χ1) is 16.6. The van der Waals surface area contributed by atoms with E-state index in [1.807, 2.05) is 0 Å². The highest BCUT2D eigenvalue weighted by atomic mass is 19.4. The SMILES string of the molecule is N[C@@H](CO)C(=O)OC[C@@H]1CN(c2ccc3cc(-c4ccccc4C(F)(F)F)[nH]c(=O)c3c2)C(=O)O1. The molecule has 0 aliphatic carbocycles. The fraction of sp³-hybridized carbons (Fsp3) is 0.261. The van der Waals surface area contributed by atoms with E-state index < -0.39 is 48.1 Å². The number of anilines is 1. The second-order valence-corrected chi connectivity index (χ2v) is 7.86. The summed E-state index contributed by atoms with van der Waals surface area (Å²) in [6.45, 7) is -0.851. The standard InChI is InChI=1S/C23H20F3N3O6/c24-23(25,26)17-4-2-1-3-15(17)19-7-12-5-6-13(8-16(12)20(31)28-19)29-9-14(35-22(29)33)11-34-21(32)18(27)10-30/h1-8,14,18,30H,9-11,27H2,(H,28,31)/t14-,18-/m0/s1. The number of carbonyl (C=O) groups is 2. The Balaban J connectivity index is 1.59. The second kappa shape index (κ2) is 9.39. The summed E-state index contributed by atoms with van der Waals surface area (Å²) in [7, 11) is 0. The molecule has 4 rings (SSSR count). The third-order valence-corrected chi connectivity index (χ3v) is 5.45. The van der Waals surface area contributed by atoms with Crippen LogP contribution in [0.1, 0.15) is 5.56 Å². The molecular weight excluding hydrogens is 471 g/mol. The molecule has 12 heteroatoms. The second-order valence-electron chi connectivity index (χ2n) is 7.86. The van der Waals surface area contributed by atoms with Crippen LogP contribution in [0.4, 0.5) is 23.7 Å². The maximum absolute atomic E-state index is 13.4. The number of aromatic amines is 1. The van der Waals surface area contributed by atoms with Gasteiger partial charge in [0.2, 0.25) is 0 Å². The van der Waals surface area contributed by atoms with Crippen molar-refractivity contribution in [3.05, 3.63) is 64.4 Å². The summed E-state index contributed by atoms with van der Waals surface area (Å²) >= 11 is 0. The zero-order valence-corrected chi connectivity index (χ0v) is 18.0. The minimum atomic E-state index is -4.60. The summed E-state index contributed by atoms with van der Waals surface area (Å²) in [5.41, 5.74) is 4.01. The van der Waals surface area contributed by atoms with Crippen LogP contribution in [0.3, 0.4) is 0 Å². The van der Waals surface area contributed by atoms with Crippen LogP contribution in [0, 0.1) is 0 Å². The number of fused-ring (bicyclic) bond motifs is 1. The van der Waals surface area contributed by atoms with Gasteiger partial charge >= 0.3 is 18.2 Å². The molecule has 2 heterocycles. The molecule has 2 atom stereocenters. The topological polar surface area (TPSA) is 135 Å². The third-order valence-electron chi connectivity index (χ3n) is 5.45. The Kier molecular flexibility index (Phi) is 6.50. The number of cyclic esters (lactones) is 1. The van der Waals surface area contributed by atoms with Crippen molar-refractivity contribution in [2.45, 2.75) is 18.3 Å². The molecule has 9 nitrogen and oxygen atoms in total. The first-order valence-corrected chi connectivity index (χ1v) is 10.4. The van der Waals surface area contributed by atoms with Crippen LogP contribution in [0.2, 0.25) is 0 Å². The van der Waals surface area contributed by atoms with Gasteiger partial charge in [-0.3, -0.25) is 14.5 Å². The van der Waals surface area contributed by atoms with Gasteiger partial charge in [-0.15, -0.1) is 0 Å². The van der Waals surface area contributed by atoms with Gasteiger partial charge in [0.1, 0.15) is 12.6 Å². The number of amides is 1. The van der Waals surface area contributed by atoms with Gasteiger partial charge in [0.25, 0.3) is 5.56 Å². The predicted molar refractivity (Wildman–Crippen MR) is 119 cm³/mol. The summed E-state index contributed by atoms with van der Waals surface area (Å²) in [4.78, 5) is 40.4. The Labute approximate surface area is 195 Å². The molecule has 2 aromatic carbocycles. The molecule has 0 bridgehead atoms. The van der Waals surface area contributed by atoms with Crippen LogP contribution < -0.4 is 16.2 Å². The number of aromatic nitrogens is 1. The normalized spacial score (nSPS) is 16.9. The van der Waals surface area contributed by atoms with Gasteiger partial charge in [0.05, 0.1) is 18.7 Å². The van der Waals surface area contributed by atoms with E-state index >= 15 is 0 Å². The number of hydrogen-bond donors (Lipinski definition) is 3. The monoisotopic (exact) mass is 491 g/mol. The number of rotatable bonds is 6. The van der Waals surface area contributed by atoms with E-state index in [-0.39, 0.29) is 29.8 Å². The average molecular weight is 491 g/mol. The lowest BCUT2D eigenvalue weighted by atomic mass is 10.0. The van der Waals surface area contributed by atoms with Crippen molar-refractivity contribution >= 4 is 28.5 Å². The van der Waals surface area contributed by atoms with Gasteiger partial charge in [-0.25, -0.2) is 4.79 Å². The Morgan fingerprint density at radius 1 is 1.23 bits per heavy atom. The summed E-state index contributed by atoms with van der Waals surface area (Å²) in [5, 5.41) is 9.41. The lowest BCUT2D eigenvalue weighted by Crippen LogP contribution is -2.37. The summed E-state index contributed by atoms with van der Waals surface area (Å²) in [6.07, 6.45) is -6.13. The zero-order chi connectivity index (χ0) is 25.3. The van der Waals surface area contributed by atoms with Crippen molar-refractivity contribution in [1.29, 1.82) is 0 Å². The number of alkyl halides is 3. The molecule has 1 fully saturated rings. The van der Waals surface area contributed by atoms with E-state index in [4.69, 9.17) is 20.3 Å². The van der Waals surface area contributed by atoms with Gasteiger partial charge in [0, 0.05) is 22.3 Å². The highest BCUT2D eigenvalue weighted by Crippen LogP contribution is 2.36. The number of benzene rings is 2. The van der Waals surface area contributed by atoms with E-state index in [2.05, 4.69) is 4.98 Å². The number of ether oxygens (including phenoxy) is 2. The molecule has 3 aromatic rings. The molecule has 35 heavy (non-hydrogen) atoms. The number of nitrogens with zero attached hydrogens (tertiary/aromatic N) is 1. The Morgan fingerprint density at radius 2 is 1.97 bits per heavy atom. The van der Waals surface area contributed by atoms with E-state index in [0.29, 0.717) is 11.1 Å². The van der Waals surface area contributed by atoms with E-state index in [0.717, 1.165) is 6.07 Å². The molecule has 1 aromatic heterocycles. The number of nitrogens with two attached hydrogens (primary N) is 1. The number of aliphatic hydroxyl groups is 1. The Hall–Kier alpha value is -3.90. The number of H-pyrrole nitrogens is 1. The molecular formula is C23H20F3N3O6. The minimum absolute atomic E-state index is 0.00623. The number of aliphatic hydroxyl groups excluding tert-OH is 1. The average Bonchev–Trinajstić information content (AvgIpc) is 3.21. The number of carbonyl (C=O) groups excluding carboxylic acids is 2. The van der Waals surface area contributed by atoms with Crippen molar-refractivity contribution in [3.63, 3.8) is 0 Å². The molecule has 0 spiro atoms. The first-order valence-electron chi connectivity index (χ1n) is 10.4. The van der Waals surface area contributed by atoms with Gasteiger partial charge < -0.3 is 25.3 Å². The molecule has 0 unspecified atom stereocenters. The Morgan fingerprint density at radius 3 is 2.69 bits per heavy atom. The largest absolute Gasteiger partial charge is 0.460 e. The number of pyridine rings is 1. The number of esters is 1. The van der Waals surface area contributed by atoms with Crippen LogP contribution in [0.5, 0.6) is 0 Å². The number of hydrogen-bond acceptors (Lipinski definition) is 7. The predicted octanol–water partition coefficient (Wildman–Crippen LogP) is 2.40. The minimum Gasteiger partial charge on any atom is -0.460 e. The lowest BCUT2D eigenvalue weighted by molar-refractivity contribution is -0.148. The van der Waals surface area contributed by atoms with Crippen molar-refractivity contribution in [3.8, 4) is 11.3 Å². The van der Waals surface area contributed by atoms with Crippen LogP contribution in [0.25, 0.3) is 22.0 Å². The number of halogens is 3. The van der Waals surface area contributed by atoms with Crippen LogP contribution in [-0.4, -0.2) is 54.1 Å². The fourth-order valence-corrected chi connectivity index (χ4v) is 3.70. The number of nitrogens with one attached hydrogen (secondary N) is 1. The molecule has 0 saturated carbocycles. The maximum atomic E-state index is 13.4. The highest BCUT2D eigenvalue weighted by Gasteiger charge is 2.35. The molecule has 1 aliphatic rings. The Bertz CT molecular complexity index is 1340. The van der Waals surface area contributed by atoms with Crippen LogP contribution in [0.15, 0.2) is 53.3 Å². The van der Waals surface area contributed by atoms with Crippen LogP contribution in [-0.2, 0) is 20.4 Å². The first kappa shape index (κ1) is 24.2. The third kappa shape index (κ3) is 4.98. The molecule has 1 saturated heterocycles. The van der Waals surface area contributed by atoms with E-state index in [9.17, 15) is 27.6 Å². The van der Waals surface area contributed by atoms with Crippen molar-refractivity contribution in [2.75, 3.05) is 24.7 Å². The summed E-state index contributed by atoms with van der Waals surface area (Å²) in [6, 6.07) is 9.61. The molecule has 1 amide bonds. The van der Waals surface area contributed by atoms with Crippen molar-refractivity contribution in [1.82, 2.24) is 4.98 Å². The summed E-state index contributed by atoms with van der Waals surface area (Å²) < 4.78 is 50.3. The van der Waals surface area contributed by atoms with Gasteiger partial charge in [-0.2, -0.15) is 13.2 Å². The maximum Gasteiger partial charge on any atom is 0.417 e. The molecule has 0 radical (unpaired) electrons. The van der Waals surface area contributed by atoms with E-state index in [1.54, 1.807) is 0 Å². The quantitative estimate of drug-likeness (QED) is 0.451. The molecule has 1 aliphatic heterocycles. The smallest absolute Gasteiger partial charge is 0.417 e. The highest BCUT2D eigenvalue weighted by molar-refractivity contribution is 5.95. The van der Waals surface area contributed by atoms with Gasteiger partial charge in [-0.1, -0.05) is 24.3 Å². The van der Waals surface area contributed by atoms with Crippen molar-refractivity contribution in [2.24, 2.45) is 5.73 Å². The summed E-state index contributed by atoms with van der Waals surface area (Å²) in [5.74, 6) is -0.845. The van der Waals surface area contributed by atoms with Gasteiger partial charge in [-0.05, 0) is 29.7 Å². The van der Waals surface area contributed by atoms with Crippen molar-refractivity contribution < 1.29 is 37.3 Å². The van der Waals surface area contributed by atoms with Gasteiger partial charge in [0.15, 0.2) is 6.10 Å². The molecule has 4 N–H and O–H groups in total. The van der Waals surface area contributed by atoms with E-state index in [1.165, 1.54) is 47.4 Å². The lowest BCUT2D eigenvalue weighted by Gasteiger charge is -2.15. The fourth-order valence-electron chi connectivity index (χ4n) is 3.70. The zero-order valence-electron chi connectivity index (χ0n) is 18.0. The molecule has 184 valence electrons.